The molecule has 1 aromatic carbocycles. The lowest BCUT2D eigenvalue weighted by Crippen LogP contribution is -2.40. The fourth-order valence-corrected chi connectivity index (χ4v) is 3.40. The van der Waals surface area contributed by atoms with Crippen molar-refractivity contribution >= 4 is 40.7 Å². The fourth-order valence-electron chi connectivity index (χ4n) is 2.80. The second kappa shape index (κ2) is 8.02. The Balaban J connectivity index is 2.03. The summed E-state index contributed by atoms with van der Waals surface area (Å²) in [7, 11) is 0. The van der Waals surface area contributed by atoms with Crippen LogP contribution >= 0.6 is 23.2 Å². The monoisotopic (exact) mass is 356 g/mol. The Labute approximate surface area is 147 Å². The highest BCUT2D eigenvalue weighted by Crippen LogP contribution is 2.33. The fraction of sp³-hybridized carbons (Fsp3) is 0.529. The number of benzene rings is 1. The Morgan fingerprint density at radius 1 is 1.22 bits per heavy atom. The Bertz CT molecular complexity index is 564. The van der Waals surface area contributed by atoms with Crippen LogP contribution in [0, 0.1) is 5.92 Å². The quantitative estimate of drug-likeness (QED) is 0.817. The number of amides is 2. The summed E-state index contributed by atoms with van der Waals surface area (Å²) < 4.78 is 0. The largest absolute Gasteiger partial charge is 0.343 e. The van der Waals surface area contributed by atoms with Crippen LogP contribution in [0.3, 0.4) is 0 Å². The molecule has 6 heteroatoms. The first-order valence-electron chi connectivity index (χ1n) is 7.90. The molecule has 2 amide bonds. The summed E-state index contributed by atoms with van der Waals surface area (Å²) in [4.78, 5) is 27.7. The molecular weight excluding hydrogens is 335 g/mol. The minimum absolute atomic E-state index is 0.0753. The minimum atomic E-state index is -0.180. The molecule has 0 radical (unpaired) electrons. The molecule has 1 aromatic rings. The van der Waals surface area contributed by atoms with E-state index in [1.54, 1.807) is 18.2 Å². The van der Waals surface area contributed by atoms with Gasteiger partial charge in [0.15, 0.2) is 0 Å². The van der Waals surface area contributed by atoms with Crippen molar-refractivity contribution < 1.29 is 9.59 Å². The van der Waals surface area contributed by atoms with Gasteiger partial charge in [-0.1, -0.05) is 36.2 Å². The van der Waals surface area contributed by atoms with E-state index in [2.05, 4.69) is 6.92 Å². The summed E-state index contributed by atoms with van der Waals surface area (Å²) in [6.45, 7) is 5.54. The van der Waals surface area contributed by atoms with Gasteiger partial charge in [-0.25, -0.2) is 0 Å². The highest BCUT2D eigenvalue weighted by atomic mass is 35.5. The van der Waals surface area contributed by atoms with Crippen LogP contribution in [-0.2, 0) is 9.59 Å². The Kier molecular flexibility index (Phi) is 6.31. The molecule has 1 heterocycles. The van der Waals surface area contributed by atoms with Crippen LogP contribution in [0.2, 0.25) is 10.0 Å². The van der Waals surface area contributed by atoms with Crippen LogP contribution in [0.1, 0.15) is 33.1 Å². The van der Waals surface area contributed by atoms with E-state index in [9.17, 15) is 9.59 Å². The third kappa shape index (κ3) is 4.61. The van der Waals surface area contributed by atoms with Crippen molar-refractivity contribution in [3.8, 4) is 0 Å². The Morgan fingerprint density at radius 2 is 1.78 bits per heavy atom. The lowest BCUT2D eigenvalue weighted by molar-refractivity contribution is -0.132. The Morgan fingerprint density at radius 3 is 2.30 bits per heavy atom. The average molecular weight is 357 g/mol. The molecule has 0 bridgehead atoms. The van der Waals surface area contributed by atoms with Crippen molar-refractivity contribution in [3.63, 3.8) is 0 Å². The number of hydrogen-bond acceptors (Lipinski definition) is 2. The van der Waals surface area contributed by atoms with Crippen molar-refractivity contribution in [1.82, 2.24) is 4.90 Å². The van der Waals surface area contributed by atoms with Crippen LogP contribution in [0.25, 0.3) is 0 Å². The van der Waals surface area contributed by atoms with E-state index in [0.29, 0.717) is 21.7 Å². The number of rotatable bonds is 4. The van der Waals surface area contributed by atoms with E-state index in [-0.39, 0.29) is 24.8 Å². The molecule has 0 N–H and O–H groups in total. The zero-order chi connectivity index (χ0) is 17.0. The summed E-state index contributed by atoms with van der Waals surface area (Å²) in [6.07, 6.45) is 2.35. The maximum Gasteiger partial charge on any atom is 0.224 e. The number of carbonyl (C=O) groups excluding carboxylic acids is 2. The summed E-state index contributed by atoms with van der Waals surface area (Å²) >= 11 is 12.3. The first-order valence-corrected chi connectivity index (χ1v) is 8.65. The molecule has 0 aliphatic carbocycles. The van der Waals surface area contributed by atoms with Gasteiger partial charge in [0.05, 0.1) is 15.7 Å². The number of likely N-dealkylation sites (tertiary alicyclic amines) is 1. The van der Waals surface area contributed by atoms with Gasteiger partial charge in [0.1, 0.15) is 0 Å². The van der Waals surface area contributed by atoms with Gasteiger partial charge in [0.25, 0.3) is 0 Å². The topological polar surface area (TPSA) is 40.6 Å². The van der Waals surface area contributed by atoms with Crippen molar-refractivity contribution in [3.05, 3.63) is 28.2 Å². The highest BCUT2D eigenvalue weighted by Gasteiger charge is 2.23. The zero-order valence-electron chi connectivity index (χ0n) is 13.5. The molecule has 2 rings (SSSR count). The average Bonchev–Trinajstić information content (AvgIpc) is 2.50. The number of carbonyl (C=O) groups is 2. The predicted molar refractivity (Wildman–Crippen MR) is 94.1 cm³/mol. The first kappa shape index (κ1) is 18.1. The zero-order valence-corrected chi connectivity index (χ0v) is 15.0. The summed E-state index contributed by atoms with van der Waals surface area (Å²) in [6, 6.07) is 5.10. The first-order chi connectivity index (χ1) is 10.9. The van der Waals surface area contributed by atoms with Crippen molar-refractivity contribution in [1.29, 1.82) is 0 Å². The van der Waals surface area contributed by atoms with Crippen molar-refractivity contribution in [2.45, 2.75) is 33.1 Å². The maximum atomic E-state index is 12.4. The van der Waals surface area contributed by atoms with Gasteiger partial charge in [-0.3, -0.25) is 9.59 Å². The Hall–Kier alpha value is -1.26. The molecular formula is C17H22Cl2N2O2. The van der Waals surface area contributed by atoms with E-state index in [4.69, 9.17) is 23.2 Å². The maximum absolute atomic E-state index is 12.4. The summed E-state index contributed by atoms with van der Waals surface area (Å²) in [5.41, 5.74) is 0.475. The second-order valence-corrected chi connectivity index (χ2v) is 6.87. The molecule has 1 aliphatic heterocycles. The van der Waals surface area contributed by atoms with Crippen LogP contribution < -0.4 is 4.90 Å². The van der Waals surface area contributed by atoms with Crippen LogP contribution in [0.4, 0.5) is 5.69 Å². The molecule has 4 nitrogen and oxygen atoms in total. The standard InChI is InChI=1S/C17H22Cl2N2O2/c1-12-6-9-20(10-7-12)16(23)8-11-21(13(2)22)17-14(18)4-3-5-15(17)19/h3-5,12H,6-11H2,1-2H3. The van der Waals surface area contributed by atoms with Gasteiger partial charge in [0, 0.05) is 33.0 Å². The SMILES string of the molecule is CC(=O)N(CCC(=O)N1CCC(C)CC1)c1c(Cl)cccc1Cl. The number of para-hydroxylation sites is 1. The van der Waals surface area contributed by atoms with Gasteiger partial charge >= 0.3 is 0 Å². The molecule has 0 spiro atoms. The minimum Gasteiger partial charge on any atom is -0.343 e. The van der Waals surface area contributed by atoms with Crippen LogP contribution in [0.15, 0.2) is 18.2 Å². The smallest absolute Gasteiger partial charge is 0.224 e. The number of hydrogen-bond donors (Lipinski definition) is 0. The van der Waals surface area contributed by atoms with E-state index in [0.717, 1.165) is 25.9 Å². The van der Waals surface area contributed by atoms with Gasteiger partial charge in [-0.15, -0.1) is 0 Å². The lowest BCUT2D eigenvalue weighted by Gasteiger charge is -2.31. The van der Waals surface area contributed by atoms with E-state index in [1.165, 1.54) is 11.8 Å². The van der Waals surface area contributed by atoms with E-state index >= 15 is 0 Å². The number of nitrogens with zero attached hydrogens (tertiary/aromatic N) is 2. The van der Waals surface area contributed by atoms with Crippen LogP contribution in [0.5, 0.6) is 0 Å². The highest BCUT2D eigenvalue weighted by molar-refractivity contribution is 6.39. The van der Waals surface area contributed by atoms with E-state index < -0.39 is 0 Å². The number of halogens is 2. The van der Waals surface area contributed by atoms with Gasteiger partial charge < -0.3 is 9.80 Å². The van der Waals surface area contributed by atoms with Crippen molar-refractivity contribution in [2.75, 3.05) is 24.5 Å². The molecule has 23 heavy (non-hydrogen) atoms. The molecule has 1 fully saturated rings. The van der Waals surface area contributed by atoms with Crippen LogP contribution in [-0.4, -0.2) is 36.3 Å². The summed E-state index contributed by atoms with van der Waals surface area (Å²) in [5, 5.41) is 0.818. The van der Waals surface area contributed by atoms with E-state index in [1.807, 2.05) is 4.90 Å². The normalized spacial score (nSPS) is 15.6. The lowest BCUT2D eigenvalue weighted by atomic mass is 9.99. The number of anilines is 1. The molecule has 1 saturated heterocycles. The molecule has 0 saturated carbocycles. The molecule has 0 atom stereocenters. The second-order valence-electron chi connectivity index (χ2n) is 6.05. The molecule has 126 valence electrons. The third-order valence-corrected chi connectivity index (χ3v) is 4.88. The number of piperidine rings is 1. The molecule has 0 unspecified atom stereocenters. The van der Waals surface area contributed by atoms with Crippen molar-refractivity contribution in [2.24, 2.45) is 5.92 Å². The third-order valence-electron chi connectivity index (χ3n) is 4.27. The molecule has 1 aliphatic rings. The summed E-state index contributed by atoms with van der Waals surface area (Å²) in [5.74, 6) is 0.570. The predicted octanol–water partition coefficient (Wildman–Crippen LogP) is 3.99. The van der Waals surface area contributed by atoms with Gasteiger partial charge in [-0.2, -0.15) is 0 Å². The molecule has 0 aromatic heterocycles. The van der Waals surface area contributed by atoms with Gasteiger partial charge in [-0.05, 0) is 30.9 Å². The van der Waals surface area contributed by atoms with Gasteiger partial charge in [0.2, 0.25) is 11.8 Å².